The minimum absolute atomic E-state index is 0.174. The molecule has 0 saturated heterocycles. The van der Waals surface area contributed by atoms with Crippen molar-refractivity contribution in [3.8, 4) is 11.8 Å². The third-order valence-corrected chi connectivity index (χ3v) is 2.34. The summed E-state index contributed by atoms with van der Waals surface area (Å²) in [5, 5.41) is 12.5. The minimum atomic E-state index is 0.174. The Labute approximate surface area is 111 Å². The molecule has 19 heavy (non-hydrogen) atoms. The van der Waals surface area contributed by atoms with Crippen molar-refractivity contribution in [3.05, 3.63) is 42.5 Å². The lowest BCUT2D eigenvalue weighted by Crippen LogP contribution is -2.11. The van der Waals surface area contributed by atoms with E-state index >= 15 is 0 Å². The molecular weight excluding hydrogens is 244 g/mol. The maximum absolute atomic E-state index is 8.56. The van der Waals surface area contributed by atoms with Crippen LogP contribution in [0.5, 0.6) is 5.75 Å². The molecule has 0 radical (unpaired) electrons. The van der Waals surface area contributed by atoms with Crippen LogP contribution in [0.1, 0.15) is 5.82 Å². The second-order valence-electron chi connectivity index (χ2n) is 3.72. The van der Waals surface area contributed by atoms with E-state index in [0.717, 1.165) is 5.75 Å². The highest BCUT2D eigenvalue weighted by Gasteiger charge is 1.98. The number of nitriles is 1. The van der Waals surface area contributed by atoms with E-state index in [0.29, 0.717) is 26.4 Å². The largest absolute Gasteiger partial charge is 0.491 e. The van der Waals surface area contributed by atoms with Crippen LogP contribution in [0.4, 0.5) is 0 Å². The second-order valence-corrected chi connectivity index (χ2v) is 3.72. The summed E-state index contributed by atoms with van der Waals surface area (Å²) >= 11 is 0. The molecule has 0 aliphatic carbocycles. The Bertz CT molecular complexity index is 533. The Kier molecular flexibility index (Phi) is 4.90. The highest BCUT2D eigenvalue weighted by atomic mass is 16.5. The molecular formula is C13H14N4O2. The molecule has 0 spiro atoms. The number of para-hydroxylation sites is 1. The second kappa shape index (κ2) is 7.13. The maximum atomic E-state index is 8.56. The van der Waals surface area contributed by atoms with Gasteiger partial charge in [0.05, 0.1) is 19.8 Å². The van der Waals surface area contributed by atoms with E-state index in [1.807, 2.05) is 36.4 Å². The van der Waals surface area contributed by atoms with Crippen molar-refractivity contribution < 1.29 is 9.47 Å². The quantitative estimate of drug-likeness (QED) is 0.699. The molecule has 1 aromatic carbocycles. The zero-order valence-electron chi connectivity index (χ0n) is 10.4. The molecule has 0 amide bonds. The molecule has 1 aromatic heterocycles. The Balaban J connectivity index is 1.56. The van der Waals surface area contributed by atoms with Gasteiger partial charge in [0, 0.05) is 0 Å². The molecule has 2 aromatic rings. The summed E-state index contributed by atoms with van der Waals surface area (Å²) in [5.74, 6) is 1.01. The molecule has 2 rings (SSSR count). The van der Waals surface area contributed by atoms with Crippen LogP contribution < -0.4 is 4.74 Å². The van der Waals surface area contributed by atoms with Crippen LogP contribution in [-0.4, -0.2) is 34.6 Å². The molecule has 6 nitrogen and oxygen atoms in total. The lowest BCUT2D eigenvalue weighted by Gasteiger charge is -2.06. The molecule has 0 atom stereocenters. The van der Waals surface area contributed by atoms with Crippen molar-refractivity contribution in [3.63, 3.8) is 0 Å². The number of hydrogen-bond acceptors (Lipinski definition) is 5. The highest BCUT2D eigenvalue weighted by molar-refractivity contribution is 5.20. The molecule has 0 saturated carbocycles. The van der Waals surface area contributed by atoms with Crippen LogP contribution in [0.15, 0.2) is 36.7 Å². The fourth-order valence-electron chi connectivity index (χ4n) is 1.45. The van der Waals surface area contributed by atoms with Crippen molar-refractivity contribution in [2.45, 2.75) is 6.54 Å². The third kappa shape index (κ3) is 4.41. The molecule has 0 N–H and O–H groups in total. The normalized spacial score (nSPS) is 10.1. The zero-order valence-corrected chi connectivity index (χ0v) is 10.4. The molecule has 6 heteroatoms. The summed E-state index contributed by atoms with van der Waals surface area (Å²) in [6.07, 6.45) is 1.52. The summed E-state index contributed by atoms with van der Waals surface area (Å²) in [5.41, 5.74) is 0. The van der Waals surface area contributed by atoms with Gasteiger partial charge in [-0.1, -0.05) is 18.2 Å². The molecule has 0 fully saturated rings. The molecule has 0 aliphatic heterocycles. The van der Waals surface area contributed by atoms with Gasteiger partial charge >= 0.3 is 0 Å². The van der Waals surface area contributed by atoms with E-state index in [1.165, 1.54) is 6.33 Å². The first-order valence-corrected chi connectivity index (χ1v) is 5.93. The van der Waals surface area contributed by atoms with Gasteiger partial charge in [0.25, 0.3) is 5.82 Å². The van der Waals surface area contributed by atoms with Gasteiger partial charge in [0.15, 0.2) is 0 Å². The van der Waals surface area contributed by atoms with Crippen LogP contribution in [0.2, 0.25) is 0 Å². The minimum Gasteiger partial charge on any atom is -0.491 e. The van der Waals surface area contributed by atoms with Crippen molar-refractivity contribution in [1.82, 2.24) is 14.8 Å². The summed E-state index contributed by atoms with van der Waals surface area (Å²) in [4.78, 5) is 3.80. The molecule has 98 valence electrons. The fourth-order valence-corrected chi connectivity index (χ4v) is 1.45. The van der Waals surface area contributed by atoms with Gasteiger partial charge in [-0.25, -0.2) is 9.67 Å². The number of aromatic nitrogens is 3. The Morgan fingerprint density at radius 2 is 2.00 bits per heavy atom. The summed E-state index contributed by atoms with van der Waals surface area (Å²) in [7, 11) is 0. The van der Waals surface area contributed by atoms with E-state index in [-0.39, 0.29) is 5.82 Å². The molecule has 0 aliphatic rings. The zero-order chi connectivity index (χ0) is 13.3. The first-order valence-electron chi connectivity index (χ1n) is 5.93. The smallest absolute Gasteiger partial charge is 0.252 e. The fraction of sp³-hybridized carbons (Fsp3) is 0.308. The Morgan fingerprint density at radius 1 is 1.16 bits per heavy atom. The van der Waals surface area contributed by atoms with E-state index in [1.54, 1.807) is 4.68 Å². The number of rotatable bonds is 7. The van der Waals surface area contributed by atoms with Gasteiger partial charge < -0.3 is 9.47 Å². The van der Waals surface area contributed by atoms with E-state index in [4.69, 9.17) is 14.7 Å². The summed E-state index contributed by atoms with van der Waals surface area (Å²) in [6, 6.07) is 11.5. The first-order chi connectivity index (χ1) is 9.38. The lowest BCUT2D eigenvalue weighted by atomic mass is 10.3. The maximum Gasteiger partial charge on any atom is 0.252 e. The standard InChI is InChI=1S/C13H14N4O2/c14-10-13-15-11-17(16-13)6-7-18-8-9-19-12-4-2-1-3-5-12/h1-5,11H,6-9H2. The molecule has 0 unspecified atom stereocenters. The van der Waals surface area contributed by atoms with Crippen molar-refractivity contribution >= 4 is 0 Å². The van der Waals surface area contributed by atoms with Gasteiger partial charge in [-0.05, 0) is 12.1 Å². The summed E-state index contributed by atoms with van der Waals surface area (Å²) < 4.78 is 12.5. The average molecular weight is 258 g/mol. The predicted octanol–water partition coefficient (Wildman–Crippen LogP) is 1.25. The lowest BCUT2D eigenvalue weighted by molar-refractivity contribution is 0.0926. The van der Waals surface area contributed by atoms with Crippen molar-refractivity contribution in [2.75, 3.05) is 19.8 Å². The van der Waals surface area contributed by atoms with E-state index in [2.05, 4.69) is 10.1 Å². The van der Waals surface area contributed by atoms with Gasteiger partial charge in [-0.2, -0.15) is 5.26 Å². The monoisotopic (exact) mass is 258 g/mol. The number of benzene rings is 1. The third-order valence-electron chi connectivity index (χ3n) is 2.34. The van der Waals surface area contributed by atoms with Gasteiger partial charge in [0.1, 0.15) is 24.8 Å². The molecule has 1 heterocycles. The first kappa shape index (κ1) is 13.1. The number of nitrogens with zero attached hydrogens (tertiary/aromatic N) is 4. The van der Waals surface area contributed by atoms with Crippen molar-refractivity contribution in [2.24, 2.45) is 0 Å². The Morgan fingerprint density at radius 3 is 2.74 bits per heavy atom. The van der Waals surface area contributed by atoms with E-state index in [9.17, 15) is 0 Å². The number of hydrogen-bond donors (Lipinski definition) is 0. The van der Waals surface area contributed by atoms with Crippen molar-refractivity contribution in [1.29, 1.82) is 5.26 Å². The van der Waals surface area contributed by atoms with Crippen LogP contribution in [-0.2, 0) is 11.3 Å². The van der Waals surface area contributed by atoms with E-state index < -0.39 is 0 Å². The van der Waals surface area contributed by atoms with Gasteiger partial charge in [0.2, 0.25) is 0 Å². The van der Waals surface area contributed by atoms with Gasteiger partial charge in [-0.3, -0.25) is 0 Å². The Hall–Kier alpha value is -2.39. The summed E-state index contributed by atoms with van der Waals surface area (Å²) in [6.45, 7) is 2.09. The van der Waals surface area contributed by atoms with Crippen LogP contribution in [0.25, 0.3) is 0 Å². The van der Waals surface area contributed by atoms with Crippen LogP contribution in [0, 0.1) is 11.3 Å². The number of ether oxygens (including phenoxy) is 2. The average Bonchev–Trinajstić information content (AvgIpc) is 2.92. The van der Waals surface area contributed by atoms with Gasteiger partial charge in [-0.15, -0.1) is 5.10 Å². The molecule has 0 bridgehead atoms. The highest BCUT2D eigenvalue weighted by Crippen LogP contribution is 2.07. The van der Waals surface area contributed by atoms with Crippen LogP contribution >= 0.6 is 0 Å². The topological polar surface area (TPSA) is 73.0 Å². The predicted molar refractivity (Wildman–Crippen MR) is 67.5 cm³/mol. The van der Waals surface area contributed by atoms with Crippen LogP contribution in [0.3, 0.4) is 0 Å². The SMILES string of the molecule is N#Cc1ncn(CCOCCOc2ccccc2)n1.